The lowest BCUT2D eigenvalue weighted by atomic mass is 9.99. The van der Waals surface area contributed by atoms with E-state index < -0.39 is 0 Å². The third-order valence-electron chi connectivity index (χ3n) is 4.14. The summed E-state index contributed by atoms with van der Waals surface area (Å²) in [4.78, 5) is 4.65. The Balaban J connectivity index is 1.95. The fourth-order valence-electron chi connectivity index (χ4n) is 2.83. The first kappa shape index (κ1) is 13.9. The highest BCUT2D eigenvalue weighted by Gasteiger charge is 2.15. The molecule has 1 aromatic carbocycles. The Bertz CT molecular complexity index is 677. The van der Waals surface area contributed by atoms with Crippen molar-refractivity contribution < 1.29 is 4.74 Å². The first-order chi connectivity index (χ1) is 10.0. The molecule has 1 aliphatic carbocycles. The molecule has 1 heterocycles. The van der Waals surface area contributed by atoms with Crippen LogP contribution < -0.4 is 10.5 Å². The number of aromatic nitrogens is 1. The van der Waals surface area contributed by atoms with Crippen LogP contribution in [0.4, 0.5) is 5.69 Å². The van der Waals surface area contributed by atoms with Crippen molar-refractivity contribution in [1.29, 1.82) is 0 Å². The number of hydrogen-bond acceptors (Lipinski definition) is 3. The van der Waals surface area contributed by atoms with Crippen LogP contribution in [0.3, 0.4) is 0 Å². The van der Waals surface area contributed by atoms with Crippen LogP contribution in [-0.2, 0) is 12.8 Å². The number of hydrogen-bond donors (Lipinski definition) is 1. The van der Waals surface area contributed by atoms with Crippen LogP contribution in [0.1, 0.15) is 48.6 Å². The van der Waals surface area contributed by atoms with Gasteiger partial charge in [-0.1, -0.05) is 19.9 Å². The summed E-state index contributed by atoms with van der Waals surface area (Å²) >= 11 is 0. The molecule has 0 saturated carbocycles. The van der Waals surface area contributed by atoms with Gasteiger partial charge in [0.05, 0.1) is 0 Å². The number of anilines is 1. The summed E-state index contributed by atoms with van der Waals surface area (Å²) in [5.74, 6) is 1.90. The molecule has 2 N–H and O–H groups in total. The van der Waals surface area contributed by atoms with Crippen LogP contribution in [-0.4, -0.2) is 4.98 Å². The van der Waals surface area contributed by atoms with Gasteiger partial charge in [0.1, 0.15) is 5.75 Å². The molecule has 0 atom stereocenters. The number of nitrogen functional groups attached to an aromatic ring is 1. The zero-order valence-corrected chi connectivity index (χ0v) is 12.9. The van der Waals surface area contributed by atoms with Crippen LogP contribution >= 0.6 is 0 Å². The van der Waals surface area contributed by atoms with Crippen molar-refractivity contribution in [2.24, 2.45) is 0 Å². The van der Waals surface area contributed by atoms with E-state index in [1.807, 2.05) is 25.1 Å². The summed E-state index contributed by atoms with van der Waals surface area (Å²) in [7, 11) is 0. The van der Waals surface area contributed by atoms with Gasteiger partial charge in [0.15, 0.2) is 0 Å². The van der Waals surface area contributed by atoms with Crippen LogP contribution in [0.25, 0.3) is 0 Å². The smallest absolute Gasteiger partial charge is 0.219 e. The standard InChI is InChI=1S/C18H22N2O/c1-11(2)14-10-15(19)12(3)9-17(14)21-18-8-7-13-5-4-6-16(13)20-18/h7-11H,4-6,19H2,1-3H3. The summed E-state index contributed by atoms with van der Waals surface area (Å²) in [6, 6.07) is 8.14. The average molecular weight is 282 g/mol. The lowest BCUT2D eigenvalue weighted by Gasteiger charge is -2.16. The quantitative estimate of drug-likeness (QED) is 0.850. The van der Waals surface area contributed by atoms with Crippen molar-refractivity contribution in [2.45, 2.75) is 46.0 Å². The number of aryl methyl sites for hydroxylation is 3. The fourth-order valence-corrected chi connectivity index (χ4v) is 2.83. The van der Waals surface area contributed by atoms with Crippen molar-refractivity contribution in [3.05, 3.63) is 46.6 Å². The number of nitrogens with zero attached hydrogens (tertiary/aromatic N) is 1. The van der Waals surface area contributed by atoms with Gasteiger partial charge in [-0.3, -0.25) is 0 Å². The SMILES string of the molecule is Cc1cc(Oc2ccc3c(n2)CCC3)c(C(C)C)cc1N. The summed E-state index contributed by atoms with van der Waals surface area (Å²) < 4.78 is 6.07. The molecule has 21 heavy (non-hydrogen) atoms. The predicted molar refractivity (Wildman–Crippen MR) is 86.0 cm³/mol. The Morgan fingerprint density at radius 2 is 2.00 bits per heavy atom. The Morgan fingerprint density at radius 3 is 2.76 bits per heavy atom. The van der Waals surface area contributed by atoms with Gasteiger partial charge in [0.25, 0.3) is 0 Å². The van der Waals surface area contributed by atoms with E-state index in [9.17, 15) is 0 Å². The zero-order valence-electron chi connectivity index (χ0n) is 12.9. The highest BCUT2D eigenvalue weighted by atomic mass is 16.5. The second-order valence-corrected chi connectivity index (χ2v) is 6.11. The fraction of sp³-hybridized carbons (Fsp3) is 0.389. The van der Waals surface area contributed by atoms with E-state index in [1.165, 1.54) is 17.7 Å². The van der Waals surface area contributed by atoms with Gasteiger partial charge in [0, 0.05) is 17.4 Å². The minimum absolute atomic E-state index is 0.359. The lowest BCUT2D eigenvalue weighted by molar-refractivity contribution is 0.452. The number of ether oxygens (including phenoxy) is 1. The molecule has 2 aromatic rings. The van der Waals surface area contributed by atoms with Crippen molar-refractivity contribution in [3.8, 4) is 11.6 Å². The number of rotatable bonds is 3. The molecule has 0 unspecified atom stereocenters. The van der Waals surface area contributed by atoms with Crippen LogP contribution in [0.2, 0.25) is 0 Å². The molecule has 0 saturated heterocycles. The molecular weight excluding hydrogens is 260 g/mol. The molecule has 3 heteroatoms. The largest absolute Gasteiger partial charge is 0.439 e. The molecule has 0 radical (unpaired) electrons. The molecule has 3 nitrogen and oxygen atoms in total. The van der Waals surface area contributed by atoms with Gasteiger partial charge in [-0.25, -0.2) is 4.98 Å². The third kappa shape index (κ3) is 2.73. The molecule has 0 fully saturated rings. The molecule has 0 bridgehead atoms. The summed E-state index contributed by atoms with van der Waals surface area (Å²) in [6.45, 7) is 6.29. The molecule has 1 aromatic heterocycles. The Labute approximate surface area is 126 Å². The maximum Gasteiger partial charge on any atom is 0.219 e. The summed E-state index contributed by atoms with van der Waals surface area (Å²) in [5, 5.41) is 0. The first-order valence-electron chi connectivity index (χ1n) is 7.61. The number of pyridine rings is 1. The molecule has 0 amide bonds. The molecule has 0 aliphatic heterocycles. The highest BCUT2D eigenvalue weighted by Crippen LogP contribution is 2.34. The third-order valence-corrected chi connectivity index (χ3v) is 4.14. The Hall–Kier alpha value is -2.03. The van der Waals surface area contributed by atoms with Gasteiger partial charge in [0.2, 0.25) is 5.88 Å². The van der Waals surface area contributed by atoms with Gasteiger partial charge >= 0.3 is 0 Å². The van der Waals surface area contributed by atoms with Crippen molar-refractivity contribution in [1.82, 2.24) is 4.98 Å². The van der Waals surface area contributed by atoms with Gasteiger partial charge in [-0.15, -0.1) is 0 Å². The number of benzene rings is 1. The van der Waals surface area contributed by atoms with Crippen LogP contribution in [0, 0.1) is 6.92 Å². The molecule has 3 rings (SSSR count). The van der Waals surface area contributed by atoms with Crippen molar-refractivity contribution in [2.75, 3.05) is 5.73 Å². The van der Waals surface area contributed by atoms with E-state index in [0.717, 1.165) is 35.4 Å². The Morgan fingerprint density at radius 1 is 1.19 bits per heavy atom. The minimum Gasteiger partial charge on any atom is -0.439 e. The van der Waals surface area contributed by atoms with E-state index in [4.69, 9.17) is 10.5 Å². The molecule has 0 spiro atoms. The topological polar surface area (TPSA) is 48.1 Å². The molecule has 1 aliphatic rings. The normalized spacial score (nSPS) is 13.5. The molecule has 110 valence electrons. The number of nitrogens with two attached hydrogens (primary N) is 1. The van der Waals surface area contributed by atoms with Gasteiger partial charge < -0.3 is 10.5 Å². The monoisotopic (exact) mass is 282 g/mol. The van der Waals surface area contributed by atoms with E-state index >= 15 is 0 Å². The van der Waals surface area contributed by atoms with E-state index in [-0.39, 0.29) is 0 Å². The first-order valence-corrected chi connectivity index (χ1v) is 7.61. The maximum absolute atomic E-state index is 6.07. The van der Waals surface area contributed by atoms with Gasteiger partial charge in [-0.2, -0.15) is 0 Å². The average Bonchev–Trinajstić information content (AvgIpc) is 2.89. The Kier molecular flexibility index (Phi) is 3.58. The predicted octanol–water partition coefficient (Wildman–Crippen LogP) is 4.38. The van der Waals surface area contributed by atoms with Crippen molar-refractivity contribution in [3.63, 3.8) is 0 Å². The van der Waals surface area contributed by atoms with Gasteiger partial charge in [-0.05, 0) is 60.9 Å². The lowest BCUT2D eigenvalue weighted by Crippen LogP contribution is -2.00. The molecular formula is C18H22N2O. The second kappa shape index (κ2) is 5.40. The minimum atomic E-state index is 0.359. The van der Waals surface area contributed by atoms with E-state index in [1.54, 1.807) is 0 Å². The maximum atomic E-state index is 6.07. The van der Waals surface area contributed by atoms with Crippen LogP contribution in [0.15, 0.2) is 24.3 Å². The van der Waals surface area contributed by atoms with Crippen molar-refractivity contribution >= 4 is 5.69 Å². The summed E-state index contributed by atoms with van der Waals surface area (Å²) in [6.07, 6.45) is 3.40. The van der Waals surface area contributed by atoms with Crippen LogP contribution in [0.5, 0.6) is 11.6 Å². The van der Waals surface area contributed by atoms with E-state index in [0.29, 0.717) is 11.8 Å². The zero-order chi connectivity index (χ0) is 15.0. The second-order valence-electron chi connectivity index (χ2n) is 6.11. The summed E-state index contributed by atoms with van der Waals surface area (Å²) in [5.41, 5.74) is 11.5. The highest BCUT2D eigenvalue weighted by molar-refractivity contribution is 5.55. The number of fused-ring (bicyclic) bond motifs is 1. The van der Waals surface area contributed by atoms with E-state index in [2.05, 4.69) is 24.9 Å².